The molecule has 0 aliphatic carbocycles. The van der Waals surface area contributed by atoms with Gasteiger partial charge < -0.3 is 9.13 Å². The van der Waals surface area contributed by atoms with Crippen molar-refractivity contribution in [2.75, 3.05) is 0 Å². The van der Waals surface area contributed by atoms with Crippen molar-refractivity contribution >= 4 is 43.6 Å². The van der Waals surface area contributed by atoms with E-state index in [-0.39, 0.29) is 11.4 Å². The van der Waals surface area contributed by atoms with Gasteiger partial charge in [-0.25, -0.2) is 8.78 Å². The molecule has 0 spiro atoms. The van der Waals surface area contributed by atoms with Gasteiger partial charge in [-0.15, -0.1) is 0 Å². The quantitative estimate of drug-likeness (QED) is 0.121. The normalized spacial score (nSPS) is 11.8. The number of fused-ring (bicyclic) bond motifs is 6. The topological polar surface area (TPSA) is 61.4 Å². The molecule has 0 N–H and O–H groups in total. The van der Waals surface area contributed by atoms with Gasteiger partial charge in [0.1, 0.15) is 11.6 Å². The van der Waals surface area contributed by atoms with Crippen molar-refractivity contribution in [2.24, 2.45) is 0 Å². The predicted octanol–water partition coefficient (Wildman–Crippen LogP) is 21.8. The second-order valence-corrected chi connectivity index (χ2v) is 22.6. The fourth-order valence-corrected chi connectivity index (χ4v) is 13.2. The first-order chi connectivity index (χ1) is 45.1. The van der Waals surface area contributed by atoms with Gasteiger partial charge in [0, 0.05) is 96.4 Å². The first-order valence-corrected chi connectivity index (χ1v) is 30.0. The molecule has 0 saturated heterocycles. The van der Waals surface area contributed by atoms with Crippen molar-refractivity contribution < 1.29 is 22.0 Å². The summed E-state index contributed by atoms with van der Waals surface area (Å²) in [4.78, 5) is 19.5. The monoisotopic (exact) mass is 1200 g/mol. The second-order valence-electron chi connectivity index (χ2n) is 22.6. The van der Waals surface area contributed by atoms with E-state index in [1.165, 1.54) is 6.07 Å². The van der Waals surface area contributed by atoms with E-state index in [2.05, 4.69) is 24.3 Å². The zero-order chi connectivity index (χ0) is 62.0. The summed E-state index contributed by atoms with van der Waals surface area (Å²) in [7, 11) is 0. The molecule has 0 atom stereocenters. The van der Waals surface area contributed by atoms with E-state index in [4.69, 9.17) is 19.9 Å². The van der Waals surface area contributed by atoms with Crippen LogP contribution in [0.4, 0.5) is 22.0 Å². The number of alkyl halides is 3. The van der Waals surface area contributed by atoms with Crippen LogP contribution in [-0.4, -0.2) is 29.1 Å². The molecular weight excluding hydrogens is 1150 g/mol. The Kier molecular flexibility index (Phi) is 13.6. The van der Waals surface area contributed by atoms with Gasteiger partial charge in [-0.2, -0.15) is 13.2 Å². The molecule has 438 valence electrons. The van der Waals surface area contributed by atoms with Crippen LogP contribution < -0.4 is 0 Å². The zero-order valence-electron chi connectivity index (χ0n) is 48.9. The summed E-state index contributed by atoms with van der Waals surface area (Å²) < 4.78 is 86.5. The molecule has 6 aromatic heterocycles. The molecule has 0 aliphatic rings. The van der Waals surface area contributed by atoms with Crippen LogP contribution >= 0.6 is 0 Å². The predicted molar refractivity (Wildman–Crippen MR) is 360 cm³/mol. The molecule has 0 saturated carbocycles. The van der Waals surface area contributed by atoms with Crippen molar-refractivity contribution in [3.63, 3.8) is 0 Å². The molecule has 0 bridgehead atoms. The van der Waals surface area contributed by atoms with E-state index in [1.807, 2.05) is 228 Å². The number of nitrogens with zero attached hydrogens (tertiary/aromatic N) is 6. The van der Waals surface area contributed by atoms with E-state index in [1.54, 1.807) is 24.8 Å². The van der Waals surface area contributed by atoms with Crippen LogP contribution in [0.2, 0.25) is 0 Å². The van der Waals surface area contributed by atoms with E-state index in [0.29, 0.717) is 22.1 Å². The van der Waals surface area contributed by atoms with Crippen LogP contribution in [0.5, 0.6) is 0 Å². The Morgan fingerprint density at radius 2 is 0.554 bits per heavy atom. The lowest BCUT2D eigenvalue weighted by Crippen LogP contribution is -2.13. The average molecular weight is 1200 g/mol. The largest absolute Gasteiger partial charge is 0.417 e. The third kappa shape index (κ3) is 9.57. The highest BCUT2D eigenvalue weighted by Crippen LogP contribution is 2.49. The van der Waals surface area contributed by atoms with Crippen molar-refractivity contribution in [1.82, 2.24) is 29.1 Å². The lowest BCUT2D eigenvalue weighted by atomic mass is 9.95. The van der Waals surface area contributed by atoms with E-state index >= 15 is 22.0 Å². The molecule has 0 aliphatic heterocycles. The van der Waals surface area contributed by atoms with Gasteiger partial charge in [-0.3, -0.25) is 19.9 Å². The van der Waals surface area contributed by atoms with E-state index < -0.39 is 34.5 Å². The third-order valence-corrected chi connectivity index (χ3v) is 17.3. The summed E-state index contributed by atoms with van der Waals surface area (Å²) in [5.74, 6) is -2.29. The van der Waals surface area contributed by atoms with Crippen molar-refractivity contribution in [3.05, 3.63) is 315 Å². The molecule has 0 amide bonds. The molecular formula is C81H49F5N6. The van der Waals surface area contributed by atoms with Crippen LogP contribution in [0.3, 0.4) is 0 Å². The number of hydrogen-bond donors (Lipinski definition) is 0. The van der Waals surface area contributed by atoms with Crippen LogP contribution in [0.25, 0.3) is 156 Å². The molecule has 16 rings (SSSR count). The number of benzene rings is 10. The SMILES string of the molecule is Fc1cccc(F)c1-c1cc(-n2c3ccc(-c4cccnc4-c4ccccc4)cc3c3cc(-c4cccnc4-c4ccccc4)ccc32)c(-n2c3ccc(-c4cccnc4-c4ccccc4)cc3c3cc(-c4cccnc4-c4ccccc4)ccc32)cc1C(F)(F)F. The van der Waals surface area contributed by atoms with Gasteiger partial charge in [0.15, 0.2) is 0 Å². The first-order valence-electron chi connectivity index (χ1n) is 30.0. The van der Waals surface area contributed by atoms with Crippen molar-refractivity contribution in [2.45, 2.75) is 6.18 Å². The summed E-state index contributed by atoms with van der Waals surface area (Å²) in [5, 5.41) is 2.96. The maximum absolute atomic E-state index is 16.6. The van der Waals surface area contributed by atoms with Gasteiger partial charge in [0.25, 0.3) is 0 Å². The molecule has 0 radical (unpaired) electrons. The van der Waals surface area contributed by atoms with Gasteiger partial charge >= 0.3 is 6.18 Å². The molecule has 6 nitrogen and oxygen atoms in total. The fraction of sp³-hybridized carbons (Fsp3) is 0.0123. The van der Waals surface area contributed by atoms with Gasteiger partial charge in [0.05, 0.1) is 67.3 Å². The molecule has 0 unspecified atom stereocenters. The molecule has 6 heterocycles. The maximum atomic E-state index is 16.6. The summed E-state index contributed by atoms with van der Waals surface area (Å²) in [6, 6.07) is 84.9. The number of pyridine rings is 4. The summed E-state index contributed by atoms with van der Waals surface area (Å²) in [6.45, 7) is 0. The number of rotatable bonds is 11. The Bertz CT molecular complexity index is 5230. The minimum absolute atomic E-state index is 0.0974. The molecule has 92 heavy (non-hydrogen) atoms. The molecule has 0 fully saturated rings. The van der Waals surface area contributed by atoms with Crippen LogP contribution in [0, 0.1) is 11.6 Å². The Morgan fingerprint density at radius 1 is 0.261 bits per heavy atom. The van der Waals surface area contributed by atoms with E-state index in [0.717, 1.165) is 135 Å². The fourth-order valence-electron chi connectivity index (χ4n) is 13.2. The lowest BCUT2D eigenvalue weighted by Gasteiger charge is -2.22. The average Bonchev–Trinajstić information content (AvgIpc) is 1.51. The van der Waals surface area contributed by atoms with Crippen LogP contribution in [0.15, 0.2) is 298 Å². The highest BCUT2D eigenvalue weighted by atomic mass is 19.4. The Balaban J connectivity index is 1.03. The molecule has 10 aromatic carbocycles. The molecule has 11 heteroatoms. The van der Waals surface area contributed by atoms with Crippen molar-refractivity contribution in [1.29, 1.82) is 0 Å². The number of halogens is 5. The van der Waals surface area contributed by atoms with Crippen LogP contribution in [0.1, 0.15) is 5.56 Å². The highest BCUT2D eigenvalue weighted by molar-refractivity contribution is 6.15. The standard InChI is InChI=1S/C81H49F5N6/c82-68-30-13-31-69(83)76(68)66-48-74(91-70-36-32-54(58-26-14-40-87-77(58)50-18-5-1-6-19-50)44-62(70)63-45-55(33-37-71(63)91)59-27-15-41-88-78(59)51-20-7-2-8-21-51)75(49-67(66)81(84,85)86)92-72-38-34-56(60-28-16-42-89-79(60)52-22-9-3-10-23-52)46-64(72)65-47-57(35-39-73(65)92)61-29-17-43-90-80(61)53-24-11-4-12-25-53/h1-49H. The Hall–Kier alpha value is -12.0. The minimum Gasteiger partial charge on any atom is -0.307 e. The summed E-state index contributed by atoms with van der Waals surface area (Å²) in [6.07, 6.45) is 1.93. The highest BCUT2D eigenvalue weighted by Gasteiger charge is 2.38. The first kappa shape index (κ1) is 55.4. The Morgan fingerprint density at radius 3 is 0.848 bits per heavy atom. The maximum Gasteiger partial charge on any atom is 0.417 e. The summed E-state index contributed by atoms with van der Waals surface area (Å²) in [5.41, 5.74) is 13.4. The van der Waals surface area contributed by atoms with E-state index in [9.17, 15) is 0 Å². The number of aromatic nitrogens is 6. The number of hydrogen-bond acceptors (Lipinski definition) is 4. The van der Waals surface area contributed by atoms with Crippen molar-refractivity contribution in [3.8, 4) is 112 Å². The van der Waals surface area contributed by atoms with Gasteiger partial charge in [-0.05, 0) is 119 Å². The van der Waals surface area contributed by atoms with Gasteiger partial charge in [0.2, 0.25) is 0 Å². The summed E-state index contributed by atoms with van der Waals surface area (Å²) >= 11 is 0. The second kappa shape index (κ2) is 22.6. The smallest absolute Gasteiger partial charge is 0.307 e. The third-order valence-electron chi connectivity index (χ3n) is 17.3. The van der Waals surface area contributed by atoms with Gasteiger partial charge in [-0.1, -0.05) is 176 Å². The minimum atomic E-state index is -5.12. The zero-order valence-corrected chi connectivity index (χ0v) is 48.9. The lowest BCUT2D eigenvalue weighted by molar-refractivity contribution is -0.137. The molecule has 16 aromatic rings. The van der Waals surface area contributed by atoms with Crippen LogP contribution in [-0.2, 0) is 6.18 Å². The Labute approximate surface area is 525 Å².